The first-order valence-corrected chi connectivity index (χ1v) is 9.78. The number of aromatic nitrogens is 3. The van der Waals surface area contributed by atoms with Crippen LogP contribution < -0.4 is 10.6 Å². The zero-order valence-corrected chi connectivity index (χ0v) is 17.0. The molecule has 27 heavy (non-hydrogen) atoms. The molecule has 0 saturated carbocycles. The second-order valence-corrected chi connectivity index (χ2v) is 8.58. The molecule has 1 aromatic carbocycles. The summed E-state index contributed by atoms with van der Waals surface area (Å²) >= 11 is 0. The van der Waals surface area contributed by atoms with Gasteiger partial charge >= 0.3 is 0 Å². The Bertz CT molecular complexity index is 799. The van der Waals surface area contributed by atoms with Gasteiger partial charge in [0.15, 0.2) is 5.69 Å². The van der Waals surface area contributed by atoms with Crippen molar-refractivity contribution in [2.24, 2.45) is 5.41 Å². The van der Waals surface area contributed by atoms with E-state index in [2.05, 4.69) is 60.8 Å². The van der Waals surface area contributed by atoms with Crippen LogP contribution >= 0.6 is 0 Å². The lowest BCUT2D eigenvalue weighted by atomic mass is 9.80. The molecule has 1 unspecified atom stereocenters. The lowest BCUT2D eigenvalue weighted by molar-refractivity contribution is 0.0895. The van der Waals surface area contributed by atoms with Crippen molar-refractivity contribution in [1.29, 1.82) is 0 Å². The zero-order chi connectivity index (χ0) is 19.6. The second-order valence-electron chi connectivity index (χ2n) is 8.58. The molecule has 0 radical (unpaired) electrons. The van der Waals surface area contributed by atoms with Crippen LogP contribution in [0.1, 0.15) is 73.0 Å². The highest BCUT2D eigenvalue weighted by Crippen LogP contribution is 2.34. The first-order chi connectivity index (χ1) is 12.8. The van der Waals surface area contributed by atoms with Crippen LogP contribution in [0.5, 0.6) is 0 Å². The molecule has 1 aromatic heterocycles. The molecule has 146 valence electrons. The van der Waals surface area contributed by atoms with E-state index in [1.54, 1.807) is 0 Å². The summed E-state index contributed by atoms with van der Waals surface area (Å²) < 4.78 is 1.93. The number of hydrogen-bond acceptors (Lipinski definition) is 4. The van der Waals surface area contributed by atoms with Crippen molar-refractivity contribution in [2.45, 2.75) is 59.5 Å². The highest BCUT2D eigenvalue weighted by atomic mass is 16.2. The van der Waals surface area contributed by atoms with Crippen molar-refractivity contribution in [3.05, 3.63) is 46.8 Å². The normalized spacial score (nSPS) is 16.9. The molecule has 1 amide bonds. The van der Waals surface area contributed by atoms with Crippen LogP contribution in [0.25, 0.3) is 0 Å². The minimum absolute atomic E-state index is 0.102. The van der Waals surface area contributed by atoms with E-state index in [0.29, 0.717) is 11.7 Å². The van der Waals surface area contributed by atoms with E-state index in [9.17, 15) is 4.79 Å². The van der Waals surface area contributed by atoms with E-state index in [1.165, 1.54) is 5.56 Å². The van der Waals surface area contributed by atoms with Gasteiger partial charge in [0, 0.05) is 0 Å². The SMILES string of the molecule is Cc1ccccc1C(NC(=O)c1nnn(C2CCNCC2)c1C)C(C)(C)C. The molecule has 1 fully saturated rings. The zero-order valence-electron chi connectivity index (χ0n) is 17.0. The van der Waals surface area contributed by atoms with Gasteiger partial charge in [0.2, 0.25) is 0 Å². The summed E-state index contributed by atoms with van der Waals surface area (Å²) in [5, 5.41) is 15.1. The van der Waals surface area contributed by atoms with Crippen LogP contribution in [-0.2, 0) is 0 Å². The maximum absolute atomic E-state index is 13.1. The molecule has 2 N–H and O–H groups in total. The number of piperidine rings is 1. The summed E-state index contributed by atoms with van der Waals surface area (Å²) in [5.74, 6) is -0.157. The fourth-order valence-corrected chi connectivity index (χ4v) is 3.82. The number of nitrogens with zero attached hydrogens (tertiary/aromatic N) is 3. The van der Waals surface area contributed by atoms with Crippen LogP contribution in [0.4, 0.5) is 0 Å². The summed E-state index contributed by atoms with van der Waals surface area (Å²) in [6, 6.07) is 8.43. The van der Waals surface area contributed by atoms with Gasteiger partial charge in [-0.2, -0.15) is 0 Å². The van der Waals surface area contributed by atoms with Crippen LogP contribution in [0, 0.1) is 19.3 Å². The van der Waals surface area contributed by atoms with Crippen molar-refractivity contribution in [3.8, 4) is 0 Å². The van der Waals surface area contributed by atoms with Crippen LogP contribution in [0.2, 0.25) is 0 Å². The number of nitrogens with one attached hydrogen (secondary N) is 2. The van der Waals surface area contributed by atoms with E-state index >= 15 is 0 Å². The second kappa shape index (κ2) is 7.80. The largest absolute Gasteiger partial charge is 0.343 e. The molecule has 6 nitrogen and oxygen atoms in total. The number of carbonyl (C=O) groups excluding carboxylic acids is 1. The first kappa shape index (κ1) is 19.5. The number of aryl methyl sites for hydroxylation is 1. The van der Waals surface area contributed by atoms with Crippen molar-refractivity contribution in [1.82, 2.24) is 25.6 Å². The topological polar surface area (TPSA) is 71.8 Å². The first-order valence-electron chi connectivity index (χ1n) is 9.78. The third-order valence-corrected chi connectivity index (χ3v) is 5.44. The third-order valence-electron chi connectivity index (χ3n) is 5.44. The number of benzene rings is 1. The molecule has 1 atom stereocenters. The molecule has 1 aliphatic rings. The van der Waals surface area contributed by atoms with Crippen molar-refractivity contribution >= 4 is 5.91 Å². The lowest BCUT2D eigenvalue weighted by Crippen LogP contribution is -2.37. The molecule has 3 rings (SSSR count). The molecule has 1 saturated heterocycles. The Labute approximate surface area is 161 Å². The molecule has 0 bridgehead atoms. The number of hydrogen-bond donors (Lipinski definition) is 2. The van der Waals surface area contributed by atoms with Crippen LogP contribution in [0.3, 0.4) is 0 Å². The maximum Gasteiger partial charge on any atom is 0.274 e. The molecule has 0 spiro atoms. The minimum atomic E-state index is -0.157. The van der Waals surface area contributed by atoms with Gasteiger partial charge in [-0.3, -0.25) is 4.79 Å². The Morgan fingerprint density at radius 2 is 1.89 bits per heavy atom. The Morgan fingerprint density at radius 3 is 2.52 bits per heavy atom. The van der Waals surface area contributed by atoms with Crippen molar-refractivity contribution in [3.63, 3.8) is 0 Å². The number of carbonyl (C=O) groups is 1. The van der Waals surface area contributed by atoms with E-state index in [1.807, 2.05) is 23.7 Å². The van der Waals surface area contributed by atoms with Crippen molar-refractivity contribution < 1.29 is 4.79 Å². The highest BCUT2D eigenvalue weighted by Gasteiger charge is 2.31. The average Bonchev–Trinajstić information content (AvgIpc) is 3.02. The Hall–Kier alpha value is -2.21. The third kappa shape index (κ3) is 4.21. The summed E-state index contributed by atoms with van der Waals surface area (Å²) in [6.45, 7) is 12.4. The molecular formula is C21H31N5O. The Balaban J connectivity index is 1.84. The standard InChI is InChI=1S/C21H31N5O/c1-14-8-6-7-9-17(14)19(21(3,4)5)23-20(27)18-15(2)26(25-24-18)16-10-12-22-13-11-16/h6-9,16,19,22H,10-13H2,1-5H3,(H,23,27). The van der Waals surface area contributed by atoms with Gasteiger partial charge in [0.1, 0.15) is 0 Å². The van der Waals surface area contributed by atoms with Gasteiger partial charge < -0.3 is 10.6 Å². The van der Waals surface area contributed by atoms with Gasteiger partial charge in [-0.15, -0.1) is 5.10 Å². The molecule has 2 heterocycles. The maximum atomic E-state index is 13.1. The number of rotatable bonds is 4. The van der Waals surface area contributed by atoms with E-state index in [4.69, 9.17) is 0 Å². The fraction of sp³-hybridized carbons (Fsp3) is 0.571. The predicted octanol–water partition coefficient (Wildman–Crippen LogP) is 3.34. The quantitative estimate of drug-likeness (QED) is 0.867. The average molecular weight is 370 g/mol. The van der Waals surface area contributed by atoms with E-state index in [-0.39, 0.29) is 17.4 Å². The van der Waals surface area contributed by atoms with E-state index in [0.717, 1.165) is 37.2 Å². The lowest BCUT2D eigenvalue weighted by Gasteiger charge is -2.33. The summed E-state index contributed by atoms with van der Waals surface area (Å²) in [7, 11) is 0. The Kier molecular flexibility index (Phi) is 5.65. The highest BCUT2D eigenvalue weighted by molar-refractivity contribution is 5.93. The van der Waals surface area contributed by atoms with Gasteiger partial charge in [-0.1, -0.05) is 50.3 Å². The molecular weight excluding hydrogens is 338 g/mol. The van der Waals surface area contributed by atoms with Gasteiger partial charge in [-0.25, -0.2) is 4.68 Å². The van der Waals surface area contributed by atoms with E-state index < -0.39 is 0 Å². The van der Waals surface area contributed by atoms with Crippen molar-refractivity contribution in [2.75, 3.05) is 13.1 Å². The molecule has 1 aliphatic heterocycles. The monoisotopic (exact) mass is 369 g/mol. The number of amides is 1. The van der Waals surface area contributed by atoms with Crippen LogP contribution in [-0.4, -0.2) is 34.0 Å². The molecule has 6 heteroatoms. The summed E-state index contributed by atoms with van der Waals surface area (Å²) in [6.07, 6.45) is 2.03. The predicted molar refractivity (Wildman–Crippen MR) is 107 cm³/mol. The van der Waals surface area contributed by atoms with Gasteiger partial charge in [0.05, 0.1) is 17.8 Å². The fourth-order valence-electron chi connectivity index (χ4n) is 3.82. The van der Waals surface area contributed by atoms with Gasteiger partial charge in [0.25, 0.3) is 5.91 Å². The minimum Gasteiger partial charge on any atom is -0.343 e. The Morgan fingerprint density at radius 1 is 1.22 bits per heavy atom. The summed E-state index contributed by atoms with van der Waals surface area (Å²) in [5.41, 5.74) is 3.46. The smallest absolute Gasteiger partial charge is 0.274 e. The van der Waals surface area contributed by atoms with Crippen LogP contribution in [0.15, 0.2) is 24.3 Å². The van der Waals surface area contributed by atoms with Gasteiger partial charge in [-0.05, 0) is 56.3 Å². The summed E-state index contributed by atoms with van der Waals surface area (Å²) in [4.78, 5) is 13.1. The molecule has 0 aliphatic carbocycles. The molecule has 2 aromatic rings.